The zero-order valence-electron chi connectivity index (χ0n) is 14.1. The Bertz CT molecular complexity index is 1020. The summed E-state index contributed by atoms with van der Waals surface area (Å²) in [5, 5.41) is 7.74. The van der Waals surface area contributed by atoms with Crippen LogP contribution in [0.15, 0.2) is 51.9 Å². The number of aromatic nitrogens is 1. The maximum Gasteiger partial charge on any atom is 0.205 e. The zero-order valence-corrected chi connectivity index (χ0v) is 16.5. The fourth-order valence-corrected chi connectivity index (χ4v) is 3.54. The Balaban J connectivity index is 2.09. The second-order valence-corrected chi connectivity index (χ2v) is 7.32. The molecule has 0 aliphatic carbocycles. The fourth-order valence-electron chi connectivity index (χ4n) is 2.44. The standard InChI is InChI=1S/C19H17Cl2N3S/c1-12-4-5-13(2)15(8-12)10-23-24-18(11-25-19(24)22-3)14-6-7-16(20)17(21)9-14/h4-11H,1-3H3/b22-19?,23-10-. The van der Waals surface area contributed by atoms with Gasteiger partial charge >= 0.3 is 0 Å². The molecule has 0 spiro atoms. The van der Waals surface area contributed by atoms with Gasteiger partial charge in [-0.2, -0.15) is 5.10 Å². The summed E-state index contributed by atoms with van der Waals surface area (Å²) in [6.45, 7) is 4.15. The number of hydrogen-bond acceptors (Lipinski definition) is 3. The summed E-state index contributed by atoms with van der Waals surface area (Å²) >= 11 is 13.7. The lowest BCUT2D eigenvalue weighted by atomic mass is 10.1. The van der Waals surface area contributed by atoms with Crippen molar-refractivity contribution in [3.05, 3.63) is 73.3 Å². The van der Waals surface area contributed by atoms with Crippen LogP contribution in [-0.2, 0) is 0 Å². The lowest BCUT2D eigenvalue weighted by molar-refractivity contribution is 0.848. The molecule has 0 saturated heterocycles. The summed E-state index contributed by atoms with van der Waals surface area (Å²) < 4.78 is 1.83. The highest BCUT2D eigenvalue weighted by Gasteiger charge is 2.09. The van der Waals surface area contributed by atoms with Crippen LogP contribution >= 0.6 is 34.5 Å². The van der Waals surface area contributed by atoms with Crippen molar-refractivity contribution in [2.75, 3.05) is 7.05 Å². The van der Waals surface area contributed by atoms with Crippen LogP contribution in [0.3, 0.4) is 0 Å². The molecule has 25 heavy (non-hydrogen) atoms. The average molecular weight is 390 g/mol. The Morgan fingerprint density at radius 3 is 2.56 bits per heavy atom. The van der Waals surface area contributed by atoms with E-state index in [1.54, 1.807) is 13.1 Å². The van der Waals surface area contributed by atoms with Crippen LogP contribution in [0.25, 0.3) is 11.3 Å². The van der Waals surface area contributed by atoms with Gasteiger partial charge in [0.25, 0.3) is 0 Å². The maximum absolute atomic E-state index is 6.17. The molecule has 0 fully saturated rings. The van der Waals surface area contributed by atoms with E-state index in [1.165, 1.54) is 22.5 Å². The highest BCUT2D eigenvalue weighted by molar-refractivity contribution is 7.07. The predicted octanol–water partition coefficient (Wildman–Crippen LogP) is 5.55. The first-order valence-electron chi connectivity index (χ1n) is 7.70. The molecule has 128 valence electrons. The third kappa shape index (κ3) is 3.87. The molecule has 1 heterocycles. The number of aryl methyl sites for hydroxylation is 2. The van der Waals surface area contributed by atoms with Gasteiger partial charge in [0, 0.05) is 18.0 Å². The van der Waals surface area contributed by atoms with Crippen LogP contribution in [0.1, 0.15) is 16.7 Å². The summed E-state index contributed by atoms with van der Waals surface area (Å²) in [5.41, 5.74) is 5.33. The quantitative estimate of drug-likeness (QED) is 0.525. The molecule has 0 aliphatic heterocycles. The molecule has 0 saturated carbocycles. The topological polar surface area (TPSA) is 29.6 Å². The first-order chi connectivity index (χ1) is 12.0. The largest absolute Gasteiger partial charge is 0.261 e. The van der Waals surface area contributed by atoms with E-state index in [0.29, 0.717) is 10.0 Å². The molecule has 0 atom stereocenters. The van der Waals surface area contributed by atoms with E-state index in [1.807, 2.05) is 28.4 Å². The molecular weight excluding hydrogens is 373 g/mol. The van der Waals surface area contributed by atoms with Gasteiger partial charge in [0.1, 0.15) is 0 Å². The van der Waals surface area contributed by atoms with Crippen molar-refractivity contribution >= 4 is 40.8 Å². The minimum atomic E-state index is 0.519. The van der Waals surface area contributed by atoms with Gasteiger partial charge in [-0.3, -0.25) is 4.99 Å². The SMILES string of the molecule is CN=c1scc(-c2ccc(Cl)c(Cl)c2)n1/N=C\c1cc(C)ccc1C. The van der Waals surface area contributed by atoms with Gasteiger partial charge in [-0.25, -0.2) is 4.68 Å². The van der Waals surface area contributed by atoms with Crippen LogP contribution in [0, 0.1) is 13.8 Å². The van der Waals surface area contributed by atoms with Gasteiger partial charge < -0.3 is 0 Å². The molecule has 0 radical (unpaired) electrons. The second kappa shape index (κ2) is 7.56. The molecule has 1 aromatic heterocycles. The Labute approximate surface area is 160 Å². The third-order valence-corrected chi connectivity index (χ3v) is 5.49. The van der Waals surface area contributed by atoms with E-state index < -0.39 is 0 Å². The van der Waals surface area contributed by atoms with Crippen LogP contribution in [0.4, 0.5) is 0 Å². The van der Waals surface area contributed by atoms with Gasteiger partial charge in [0.15, 0.2) is 0 Å². The normalized spacial score (nSPS) is 12.3. The van der Waals surface area contributed by atoms with Crippen molar-refractivity contribution in [2.24, 2.45) is 10.1 Å². The first kappa shape index (κ1) is 17.9. The predicted molar refractivity (Wildman–Crippen MR) is 108 cm³/mol. The summed E-state index contributed by atoms with van der Waals surface area (Å²) in [5.74, 6) is 0. The summed E-state index contributed by atoms with van der Waals surface area (Å²) in [4.78, 5) is 5.13. The maximum atomic E-state index is 6.17. The van der Waals surface area contributed by atoms with E-state index >= 15 is 0 Å². The molecular formula is C19H17Cl2N3S. The van der Waals surface area contributed by atoms with Gasteiger partial charge in [-0.15, -0.1) is 11.3 Å². The highest BCUT2D eigenvalue weighted by atomic mass is 35.5. The minimum Gasteiger partial charge on any atom is -0.261 e. The monoisotopic (exact) mass is 389 g/mol. The Hall–Kier alpha value is -1.88. The third-order valence-electron chi connectivity index (χ3n) is 3.84. The van der Waals surface area contributed by atoms with Gasteiger partial charge in [0.2, 0.25) is 4.80 Å². The van der Waals surface area contributed by atoms with Crippen LogP contribution in [-0.4, -0.2) is 17.9 Å². The van der Waals surface area contributed by atoms with Crippen molar-refractivity contribution in [1.29, 1.82) is 0 Å². The summed E-state index contributed by atoms with van der Waals surface area (Å²) in [6, 6.07) is 11.9. The lowest BCUT2D eigenvalue weighted by Crippen LogP contribution is -2.11. The Morgan fingerprint density at radius 2 is 1.84 bits per heavy atom. The first-order valence-corrected chi connectivity index (χ1v) is 9.33. The smallest absolute Gasteiger partial charge is 0.205 e. The Morgan fingerprint density at radius 1 is 1.04 bits per heavy atom. The molecule has 0 bridgehead atoms. The van der Waals surface area contributed by atoms with Crippen molar-refractivity contribution in [1.82, 2.24) is 4.68 Å². The van der Waals surface area contributed by atoms with Crippen LogP contribution < -0.4 is 4.80 Å². The van der Waals surface area contributed by atoms with E-state index in [4.69, 9.17) is 23.2 Å². The van der Waals surface area contributed by atoms with Gasteiger partial charge in [0.05, 0.1) is 22.0 Å². The molecule has 3 rings (SSSR count). The summed E-state index contributed by atoms with van der Waals surface area (Å²) in [7, 11) is 1.76. The van der Waals surface area contributed by atoms with Crippen LogP contribution in [0.2, 0.25) is 10.0 Å². The van der Waals surface area contributed by atoms with Crippen LogP contribution in [0.5, 0.6) is 0 Å². The Kier molecular flexibility index (Phi) is 5.42. The average Bonchev–Trinajstić information content (AvgIpc) is 3.01. The van der Waals surface area contributed by atoms with Crippen molar-refractivity contribution < 1.29 is 0 Å². The van der Waals surface area contributed by atoms with E-state index in [9.17, 15) is 0 Å². The number of halogens is 2. The molecule has 3 aromatic rings. The molecule has 3 nitrogen and oxygen atoms in total. The number of nitrogens with zero attached hydrogens (tertiary/aromatic N) is 3. The summed E-state index contributed by atoms with van der Waals surface area (Å²) in [6.07, 6.45) is 1.87. The second-order valence-electron chi connectivity index (χ2n) is 5.67. The van der Waals surface area contributed by atoms with E-state index in [0.717, 1.165) is 21.6 Å². The molecule has 0 N–H and O–H groups in total. The molecule has 6 heteroatoms. The fraction of sp³-hybridized carbons (Fsp3) is 0.158. The minimum absolute atomic E-state index is 0.519. The number of rotatable bonds is 3. The highest BCUT2D eigenvalue weighted by Crippen LogP contribution is 2.28. The molecule has 0 aliphatic rings. The van der Waals surface area contributed by atoms with Gasteiger partial charge in [-0.05, 0) is 37.1 Å². The zero-order chi connectivity index (χ0) is 18.0. The number of thiazole rings is 1. The van der Waals surface area contributed by atoms with Crippen molar-refractivity contribution in [3.63, 3.8) is 0 Å². The van der Waals surface area contributed by atoms with E-state index in [-0.39, 0.29) is 0 Å². The lowest BCUT2D eigenvalue weighted by Gasteiger charge is -2.06. The molecule has 2 aromatic carbocycles. The molecule has 0 unspecified atom stereocenters. The van der Waals surface area contributed by atoms with E-state index in [2.05, 4.69) is 42.1 Å². The molecule has 0 amide bonds. The number of hydrogen-bond donors (Lipinski definition) is 0. The number of benzene rings is 2. The van der Waals surface area contributed by atoms with Crippen molar-refractivity contribution in [2.45, 2.75) is 13.8 Å². The van der Waals surface area contributed by atoms with Crippen molar-refractivity contribution in [3.8, 4) is 11.3 Å². The van der Waals surface area contributed by atoms with Gasteiger partial charge in [-0.1, -0.05) is 53.0 Å².